The highest BCUT2D eigenvalue weighted by atomic mass is 16.1. The SMILES string of the molecule is Cc1cc(CC(=O)C(C)(C)N(C)C)n(C)n1. The summed E-state index contributed by atoms with van der Waals surface area (Å²) in [5.41, 5.74) is 1.49. The van der Waals surface area contributed by atoms with E-state index in [9.17, 15) is 4.79 Å². The first kappa shape index (κ1) is 12.9. The number of aromatic nitrogens is 2. The van der Waals surface area contributed by atoms with Crippen LogP contribution in [0.25, 0.3) is 0 Å². The maximum Gasteiger partial charge on any atom is 0.158 e. The largest absolute Gasteiger partial charge is 0.298 e. The number of carbonyl (C=O) groups excluding carboxylic acids is 1. The third-order valence-electron chi connectivity index (χ3n) is 3.24. The van der Waals surface area contributed by atoms with E-state index in [-0.39, 0.29) is 5.78 Å². The molecule has 1 aromatic heterocycles. The summed E-state index contributed by atoms with van der Waals surface area (Å²) in [6.07, 6.45) is 0.433. The highest BCUT2D eigenvalue weighted by Gasteiger charge is 2.30. The number of Topliss-reactive ketones (excluding diaryl/α,β-unsaturated/α-hetero) is 1. The van der Waals surface area contributed by atoms with E-state index in [1.54, 1.807) is 4.68 Å². The summed E-state index contributed by atoms with van der Waals surface area (Å²) in [6, 6.07) is 1.96. The van der Waals surface area contributed by atoms with Crippen LogP contribution in [0.4, 0.5) is 0 Å². The molecule has 1 rings (SSSR count). The van der Waals surface area contributed by atoms with E-state index < -0.39 is 5.54 Å². The second-order valence-electron chi connectivity index (χ2n) is 4.95. The van der Waals surface area contributed by atoms with E-state index in [0.29, 0.717) is 6.42 Å². The zero-order valence-electron chi connectivity index (χ0n) is 11.0. The normalized spacial score (nSPS) is 12.2. The monoisotopic (exact) mass is 223 g/mol. The van der Waals surface area contributed by atoms with Gasteiger partial charge < -0.3 is 0 Å². The minimum Gasteiger partial charge on any atom is -0.298 e. The Hall–Kier alpha value is -1.16. The van der Waals surface area contributed by atoms with Crippen molar-refractivity contribution in [2.24, 2.45) is 7.05 Å². The first-order valence-electron chi connectivity index (χ1n) is 5.45. The molecule has 90 valence electrons. The first-order valence-corrected chi connectivity index (χ1v) is 5.45. The van der Waals surface area contributed by atoms with Gasteiger partial charge in [-0.05, 0) is 40.9 Å². The first-order chi connectivity index (χ1) is 7.25. The summed E-state index contributed by atoms with van der Waals surface area (Å²) in [5.74, 6) is 0.209. The molecule has 0 spiro atoms. The minimum atomic E-state index is -0.432. The molecule has 4 heteroatoms. The van der Waals surface area contributed by atoms with Crippen LogP contribution in [0.3, 0.4) is 0 Å². The second-order valence-corrected chi connectivity index (χ2v) is 4.95. The summed E-state index contributed by atoms with van der Waals surface area (Å²) in [4.78, 5) is 14.1. The molecule has 0 saturated heterocycles. The molecule has 0 bridgehead atoms. The van der Waals surface area contributed by atoms with Crippen molar-refractivity contribution in [3.05, 3.63) is 17.5 Å². The molecule has 0 aliphatic carbocycles. The van der Waals surface area contributed by atoms with Gasteiger partial charge in [-0.25, -0.2) is 0 Å². The third kappa shape index (κ3) is 2.50. The van der Waals surface area contributed by atoms with Gasteiger partial charge in [0, 0.05) is 12.7 Å². The Bertz CT molecular complexity index is 391. The van der Waals surface area contributed by atoms with Crippen molar-refractivity contribution in [1.82, 2.24) is 14.7 Å². The van der Waals surface area contributed by atoms with Gasteiger partial charge in [-0.15, -0.1) is 0 Å². The number of nitrogens with zero attached hydrogens (tertiary/aromatic N) is 3. The van der Waals surface area contributed by atoms with Crippen molar-refractivity contribution in [2.45, 2.75) is 32.7 Å². The van der Waals surface area contributed by atoms with Crippen LogP contribution in [0.1, 0.15) is 25.2 Å². The van der Waals surface area contributed by atoms with Crippen LogP contribution < -0.4 is 0 Å². The smallest absolute Gasteiger partial charge is 0.158 e. The van der Waals surface area contributed by atoms with Crippen LogP contribution in [0.2, 0.25) is 0 Å². The Morgan fingerprint density at radius 2 is 2.06 bits per heavy atom. The minimum absolute atomic E-state index is 0.209. The van der Waals surface area contributed by atoms with Gasteiger partial charge in [-0.1, -0.05) is 0 Å². The molecule has 4 nitrogen and oxygen atoms in total. The molecule has 0 atom stereocenters. The molecule has 1 heterocycles. The molecule has 0 radical (unpaired) electrons. The Morgan fingerprint density at radius 1 is 1.50 bits per heavy atom. The van der Waals surface area contributed by atoms with Crippen molar-refractivity contribution < 1.29 is 4.79 Å². The van der Waals surface area contributed by atoms with Crippen molar-refractivity contribution >= 4 is 5.78 Å². The quantitative estimate of drug-likeness (QED) is 0.769. The Labute approximate surface area is 97.2 Å². The van der Waals surface area contributed by atoms with Gasteiger partial charge in [0.1, 0.15) is 0 Å². The van der Waals surface area contributed by atoms with E-state index in [4.69, 9.17) is 0 Å². The Morgan fingerprint density at radius 3 is 2.44 bits per heavy atom. The summed E-state index contributed by atoms with van der Waals surface area (Å²) in [7, 11) is 5.72. The van der Waals surface area contributed by atoms with Gasteiger partial charge in [0.25, 0.3) is 0 Å². The molecule has 0 aromatic carbocycles. The highest BCUT2D eigenvalue weighted by molar-refractivity contribution is 5.89. The van der Waals surface area contributed by atoms with Crippen LogP contribution >= 0.6 is 0 Å². The predicted octanol–water partition coefficient (Wildman–Crippen LogP) is 1.18. The lowest BCUT2D eigenvalue weighted by atomic mass is 9.94. The number of ketones is 1. The Kier molecular flexibility index (Phi) is 3.53. The zero-order valence-corrected chi connectivity index (χ0v) is 11.0. The molecular formula is C12H21N3O. The van der Waals surface area contributed by atoms with Crippen LogP contribution in [0.15, 0.2) is 6.07 Å². The van der Waals surface area contributed by atoms with E-state index in [1.807, 2.05) is 52.9 Å². The van der Waals surface area contributed by atoms with E-state index in [0.717, 1.165) is 11.4 Å². The molecule has 0 N–H and O–H groups in total. The fourth-order valence-electron chi connectivity index (χ4n) is 1.46. The zero-order chi connectivity index (χ0) is 12.5. The summed E-state index contributed by atoms with van der Waals surface area (Å²) in [6.45, 7) is 5.82. The van der Waals surface area contributed by atoms with Gasteiger partial charge in [-0.2, -0.15) is 5.10 Å². The lowest BCUT2D eigenvalue weighted by Gasteiger charge is -2.30. The molecular weight excluding hydrogens is 202 g/mol. The fourth-order valence-corrected chi connectivity index (χ4v) is 1.46. The second kappa shape index (κ2) is 4.37. The van der Waals surface area contributed by atoms with Gasteiger partial charge in [-0.3, -0.25) is 14.4 Å². The van der Waals surface area contributed by atoms with Crippen LogP contribution in [-0.4, -0.2) is 40.1 Å². The van der Waals surface area contributed by atoms with Gasteiger partial charge in [0.15, 0.2) is 5.78 Å². The molecule has 0 aliphatic heterocycles. The molecule has 0 unspecified atom stereocenters. The lowest BCUT2D eigenvalue weighted by Crippen LogP contribution is -2.46. The van der Waals surface area contributed by atoms with Crippen molar-refractivity contribution in [3.63, 3.8) is 0 Å². The van der Waals surface area contributed by atoms with Crippen molar-refractivity contribution in [3.8, 4) is 0 Å². The van der Waals surface area contributed by atoms with Gasteiger partial charge in [0.2, 0.25) is 0 Å². The highest BCUT2D eigenvalue weighted by Crippen LogP contribution is 2.15. The molecule has 0 amide bonds. The number of rotatable bonds is 4. The number of aryl methyl sites for hydroxylation is 2. The molecule has 0 fully saturated rings. The van der Waals surface area contributed by atoms with Crippen molar-refractivity contribution in [1.29, 1.82) is 0 Å². The molecule has 16 heavy (non-hydrogen) atoms. The molecule has 0 aliphatic rings. The number of hydrogen-bond acceptors (Lipinski definition) is 3. The summed E-state index contributed by atoms with van der Waals surface area (Å²) < 4.78 is 1.78. The Balaban J connectivity index is 2.83. The van der Waals surface area contributed by atoms with Gasteiger partial charge >= 0.3 is 0 Å². The summed E-state index contributed by atoms with van der Waals surface area (Å²) in [5, 5.41) is 4.24. The van der Waals surface area contributed by atoms with Crippen LogP contribution in [0.5, 0.6) is 0 Å². The maximum absolute atomic E-state index is 12.2. The third-order valence-corrected chi connectivity index (χ3v) is 3.24. The average molecular weight is 223 g/mol. The fraction of sp³-hybridized carbons (Fsp3) is 0.667. The lowest BCUT2D eigenvalue weighted by molar-refractivity contribution is -0.127. The summed E-state index contributed by atoms with van der Waals surface area (Å²) >= 11 is 0. The maximum atomic E-state index is 12.2. The van der Waals surface area contributed by atoms with E-state index in [2.05, 4.69) is 5.10 Å². The van der Waals surface area contributed by atoms with Crippen LogP contribution in [0, 0.1) is 6.92 Å². The number of hydrogen-bond donors (Lipinski definition) is 0. The standard InChI is InChI=1S/C12H21N3O/c1-9-7-10(15(6)13-9)8-11(16)12(2,3)14(4)5/h7H,8H2,1-6H3. The van der Waals surface area contributed by atoms with E-state index in [1.165, 1.54) is 0 Å². The van der Waals surface area contributed by atoms with Crippen LogP contribution in [-0.2, 0) is 18.3 Å². The number of carbonyl (C=O) groups is 1. The van der Waals surface area contributed by atoms with Crippen molar-refractivity contribution in [2.75, 3.05) is 14.1 Å². The molecule has 0 saturated carbocycles. The topological polar surface area (TPSA) is 38.1 Å². The predicted molar refractivity (Wildman–Crippen MR) is 64.4 cm³/mol. The number of likely N-dealkylation sites (N-methyl/N-ethyl adjacent to an activating group) is 1. The van der Waals surface area contributed by atoms with E-state index >= 15 is 0 Å². The van der Waals surface area contributed by atoms with Gasteiger partial charge in [0.05, 0.1) is 17.7 Å². The average Bonchev–Trinajstić information content (AvgIpc) is 2.44. The molecule has 1 aromatic rings.